The van der Waals surface area contributed by atoms with Gasteiger partial charge in [0.1, 0.15) is 35.9 Å². The summed E-state index contributed by atoms with van der Waals surface area (Å²) in [6.45, 7) is 4.81. The van der Waals surface area contributed by atoms with E-state index < -0.39 is 34.8 Å². The summed E-state index contributed by atoms with van der Waals surface area (Å²) >= 11 is 5.84. The molecular weight excluding hydrogens is 439 g/mol. The number of rotatable bonds is 10. The molecule has 31 heavy (non-hydrogen) atoms. The maximum atomic E-state index is 13.7. The van der Waals surface area contributed by atoms with Crippen LogP contribution in [0.4, 0.5) is 19.0 Å². The lowest BCUT2D eigenvalue weighted by molar-refractivity contribution is -0.139. The number of aromatic nitrogens is 1. The Kier molecular flexibility index (Phi) is 8.35. The van der Waals surface area contributed by atoms with Crippen LogP contribution in [-0.4, -0.2) is 36.3 Å². The smallest absolute Gasteiger partial charge is 0.423 e. The first-order valence-corrected chi connectivity index (χ1v) is 9.66. The van der Waals surface area contributed by atoms with Crippen molar-refractivity contribution in [3.05, 3.63) is 47.1 Å². The van der Waals surface area contributed by atoms with Crippen LogP contribution in [0.2, 0.25) is 5.02 Å². The number of alkyl halides is 3. The quantitative estimate of drug-likeness (QED) is 0.508. The van der Waals surface area contributed by atoms with Crippen LogP contribution in [0.3, 0.4) is 0 Å². The molecule has 0 aliphatic rings. The highest BCUT2D eigenvalue weighted by molar-refractivity contribution is 6.30. The predicted octanol–water partition coefficient (Wildman–Crippen LogP) is 4.47. The molecule has 0 spiro atoms. The summed E-state index contributed by atoms with van der Waals surface area (Å²) < 4.78 is 57.2. The normalized spacial score (nSPS) is 11.7. The minimum absolute atomic E-state index is 0.196. The van der Waals surface area contributed by atoms with Crippen LogP contribution in [0.25, 0.3) is 0 Å². The number of carbonyl (C=O) groups excluding carboxylic acids is 1. The van der Waals surface area contributed by atoms with Gasteiger partial charge in [-0.15, -0.1) is 0 Å². The molecule has 1 aromatic carbocycles. The van der Waals surface area contributed by atoms with E-state index in [0.29, 0.717) is 10.8 Å². The lowest BCUT2D eigenvalue weighted by Gasteiger charge is -2.27. The van der Waals surface area contributed by atoms with Crippen molar-refractivity contribution in [2.45, 2.75) is 32.5 Å². The van der Waals surface area contributed by atoms with Crippen molar-refractivity contribution in [3.8, 4) is 11.5 Å². The van der Waals surface area contributed by atoms with Gasteiger partial charge in [-0.1, -0.05) is 11.6 Å². The zero-order valence-corrected chi connectivity index (χ0v) is 17.9. The molecule has 170 valence electrons. The predicted molar refractivity (Wildman–Crippen MR) is 109 cm³/mol. The topological polar surface area (TPSA) is 81.7 Å². The number of carbonyl (C=O) groups is 1. The molecule has 0 saturated heterocycles. The van der Waals surface area contributed by atoms with E-state index in [1.54, 1.807) is 45.0 Å². The van der Waals surface area contributed by atoms with Gasteiger partial charge in [-0.05, 0) is 51.1 Å². The molecule has 0 aliphatic carbocycles. The van der Waals surface area contributed by atoms with Crippen LogP contribution >= 0.6 is 11.6 Å². The number of amides is 1. The van der Waals surface area contributed by atoms with Gasteiger partial charge in [0.05, 0.1) is 0 Å². The molecule has 0 unspecified atom stereocenters. The van der Waals surface area contributed by atoms with Gasteiger partial charge in [0.25, 0.3) is 5.91 Å². The van der Waals surface area contributed by atoms with Gasteiger partial charge in [0.15, 0.2) is 5.82 Å². The summed E-state index contributed by atoms with van der Waals surface area (Å²) in [4.78, 5) is 15.3. The molecule has 1 heterocycles. The Hall–Kier alpha value is -2.72. The maximum absolute atomic E-state index is 13.7. The minimum atomic E-state index is -4.79. The van der Waals surface area contributed by atoms with Crippen LogP contribution in [-0.2, 0) is 15.7 Å². The third kappa shape index (κ3) is 7.80. The molecule has 0 radical (unpaired) electrons. The summed E-state index contributed by atoms with van der Waals surface area (Å²) in [5.41, 5.74) is 2.17. The largest absolute Gasteiger partial charge is 0.489 e. The van der Waals surface area contributed by atoms with E-state index >= 15 is 0 Å². The Bertz CT molecular complexity index is 877. The summed E-state index contributed by atoms with van der Waals surface area (Å²) in [6.07, 6.45) is -3.66. The number of nitrogens with one attached hydrogen (secondary N) is 2. The van der Waals surface area contributed by atoms with Crippen LogP contribution in [0, 0.1) is 0 Å². The van der Waals surface area contributed by atoms with Crippen molar-refractivity contribution in [3.63, 3.8) is 0 Å². The van der Waals surface area contributed by atoms with Gasteiger partial charge in [-0.25, -0.2) is 4.98 Å². The van der Waals surface area contributed by atoms with E-state index in [0.717, 1.165) is 12.3 Å². The molecule has 7 nitrogen and oxygen atoms in total. The molecule has 2 aromatic rings. The lowest BCUT2D eigenvalue weighted by atomic mass is 10.1. The van der Waals surface area contributed by atoms with E-state index in [2.05, 4.69) is 15.8 Å². The third-order valence-electron chi connectivity index (χ3n) is 3.74. The van der Waals surface area contributed by atoms with E-state index in [1.807, 2.05) is 0 Å². The van der Waals surface area contributed by atoms with Gasteiger partial charge in [-0.3, -0.25) is 15.6 Å². The second kappa shape index (κ2) is 10.5. The number of anilines is 1. The van der Waals surface area contributed by atoms with E-state index in [4.69, 9.17) is 25.8 Å². The van der Waals surface area contributed by atoms with Crippen molar-refractivity contribution < 1.29 is 32.2 Å². The summed E-state index contributed by atoms with van der Waals surface area (Å²) in [5, 5.41) is 0.529. The first kappa shape index (κ1) is 24.5. The Morgan fingerprint density at radius 3 is 2.45 bits per heavy atom. The van der Waals surface area contributed by atoms with Crippen molar-refractivity contribution in [2.24, 2.45) is 0 Å². The standard InChI is InChI=1S/C20H23ClF3N3O4/c1-4-29-11-16(28)26-27-18-17(20(22,23)24)15(9-10-25-18)30-12-19(2,3)31-14-7-5-13(21)6-8-14/h5-10H,4,11-12H2,1-3H3,(H,25,27)(H,26,28). The summed E-state index contributed by atoms with van der Waals surface area (Å²) in [7, 11) is 0. The second-order valence-electron chi connectivity index (χ2n) is 6.95. The van der Waals surface area contributed by atoms with Crippen LogP contribution in [0.1, 0.15) is 26.3 Å². The number of pyridine rings is 1. The summed E-state index contributed by atoms with van der Waals surface area (Å²) in [5.74, 6) is -1.23. The third-order valence-corrected chi connectivity index (χ3v) is 3.99. The van der Waals surface area contributed by atoms with Crippen molar-refractivity contribution >= 4 is 23.3 Å². The average Bonchev–Trinajstić information content (AvgIpc) is 2.70. The van der Waals surface area contributed by atoms with E-state index in [9.17, 15) is 18.0 Å². The highest BCUT2D eigenvalue weighted by Gasteiger charge is 2.39. The van der Waals surface area contributed by atoms with Gasteiger partial charge in [-0.2, -0.15) is 13.2 Å². The fourth-order valence-corrected chi connectivity index (χ4v) is 2.52. The fourth-order valence-electron chi connectivity index (χ4n) is 2.40. The highest BCUT2D eigenvalue weighted by atomic mass is 35.5. The Labute approximate surface area is 182 Å². The highest BCUT2D eigenvalue weighted by Crippen LogP contribution is 2.40. The van der Waals surface area contributed by atoms with Gasteiger partial charge < -0.3 is 14.2 Å². The van der Waals surface area contributed by atoms with Crippen molar-refractivity contribution in [2.75, 3.05) is 25.2 Å². The average molecular weight is 462 g/mol. The number of hydrogen-bond donors (Lipinski definition) is 2. The van der Waals surface area contributed by atoms with Gasteiger partial charge in [0, 0.05) is 17.8 Å². The second-order valence-corrected chi connectivity index (χ2v) is 7.38. The monoisotopic (exact) mass is 461 g/mol. The Morgan fingerprint density at radius 2 is 1.84 bits per heavy atom. The fraction of sp³-hybridized carbons (Fsp3) is 0.400. The van der Waals surface area contributed by atoms with Crippen LogP contribution < -0.4 is 20.3 Å². The number of hydrazine groups is 1. The molecule has 1 amide bonds. The molecule has 2 N–H and O–H groups in total. The molecule has 2 rings (SSSR count). The van der Waals surface area contributed by atoms with Crippen LogP contribution in [0.15, 0.2) is 36.5 Å². The molecular formula is C20H23ClF3N3O4. The Balaban J connectivity index is 2.14. The molecule has 0 saturated carbocycles. The van der Waals surface area contributed by atoms with E-state index in [1.165, 1.54) is 0 Å². The van der Waals surface area contributed by atoms with E-state index in [-0.39, 0.29) is 19.8 Å². The molecule has 0 fully saturated rings. The molecule has 0 aliphatic heterocycles. The maximum Gasteiger partial charge on any atom is 0.423 e. The molecule has 0 atom stereocenters. The first-order chi connectivity index (χ1) is 14.5. The SMILES string of the molecule is CCOCC(=O)NNc1nccc(OCC(C)(C)Oc2ccc(Cl)cc2)c1C(F)(F)F. The number of halogens is 4. The number of hydrogen-bond acceptors (Lipinski definition) is 6. The van der Waals surface area contributed by atoms with Gasteiger partial charge in [0.2, 0.25) is 0 Å². The number of benzene rings is 1. The van der Waals surface area contributed by atoms with Crippen molar-refractivity contribution in [1.29, 1.82) is 0 Å². The number of ether oxygens (including phenoxy) is 3. The molecule has 0 bridgehead atoms. The lowest BCUT2D eigenvalue weighted by Crippen LogP contribution is -2.36. The zero-order valence-electron chi connectivity index (χ0n) is 17.2. The zero-order chi connectivity index (χ0) is 23.1. The van der Waals surface area contributed by atoms with Crippen molar-refractivity contribution in [1.82, 2.24) is 10.4 Å². The summed E-state index contributed by atoms with van der Waals surface area (Å²) in [6, 6.07) is 7.65. The minimum Gasteiger partial charge on any atom is -0.489 e. The molecule has 1 aromatic heterocycles. The number of nitrogens with zero attached hydrogens (tertiary/aromatic N) is 1. The molecule has 11 heteroatoms. The van der Waals surface area contributed by atoms with Crippen LogP contribution in [0.5, 0.6) is 11.5 Å². The Morgan fingerprint density at radius 1 is 1.16 bits per heavy atom. The first-order valence-electron chi connectivity index (χ1n) is 9.28. The van der Waals surface area contributed by atoms with Gasteiger partial charge >= 0.3 is 6.18 Å².